The predicted octanol–water partition coefficient (Wildman–Crippen LogP) is 1.98. The first kappa shape index (κ1) is 14.8. The number of nitrogens with zero attached hydrogens (tertiary/aromatic N) is 1. The Hall–Kier alpha value is -0.290. The average molecular weight is 282 g/mol. The van der Waals surface area contributed by atoms with E-state index in [1.165, 1.54) is 0 Å². The highest BCUT2D eigenvalue weighted by molar-refractivity contribution is 7.89. The van der Waals surface area contributed by atoms with Crippen LogP contribution in [0.15, 0.2) is 0 Å². The lowest BCUT2D eigenvalue weighted by molar-refractivity contribution is -0.123. The topological polar surface area (TPSA) is 54.5 Å². The van der Waals surface area contributed by atoms with Crippen molar-refractivity contribution in [3.63, 3.8) is 0 Å². The minimum atomic E-state index is -3.41. The summed E-state index contributed by atoms with van der Waals surface area (Å²) in [6, 6.07) is 0. The predicted molar refractivity (Wildman–Crippen MR) is 68.5 cm³/mol. The van der Waals surface area contributed by atoms with Gasteiger partial charge in [-0.1, -0.05) is 13.3 Å². The van der Waals surface area contributed by atoms with Gasteiger partial charge in [0, 0.05) is 18.8 Å². The summed E-state index contributed by atoms with van der Waals surface area (Å²) < 4.78 is 24.9. The molecule has 0 bridgehead atoms. The third-order valence-electron chi connectivity index (χ3n) is 2.98. The fourth-order valence-corrected chi connectivity index (χ4v) is 3.91. The Morgan fingerprint density at radius 3 is 2.71 bits per heavy atom. The number of rotatable bonds is 7. The number of alkyl halides is 1. The zero-order chi connectivity index (χ0) is 12.9. The molecule has 1 heterocycles. The monoisotopic (exact) mass is 281 g/mol. The van der Waals surface area contributed by atoms with Crippen LogP contribution < -0.4 is 0 Å². The summed E-state index contributed by atoms with van der Waals surface area (Å²) >= 11 is 5.51. The van der Waals surface area contributed by atoms with E-state index in [2.05, 4.69) is 0 Å². The molecule has 0 aromatic carbocycles. The van der Waals surface area contributed by atoms with E-state index in [0.717, 1.165) is 17.1 Å². The zero-order valence-electron chi connectivity index (χ0n) is 10.2. The summed E-state index contributed by atoms with van der Waals surface area (Å²) in [7, 11) is -3.41. The van der Waals surface area contributed by atoms with Gasteiger partial charge in [0.15, 0.2) is 0 Å². The lowest BCUT2D eigenvalue weighted by Gasteiger charge is -2.16. The summed E-state index contributed by atoms with van der Waals surface area (Å²) in [6.45, 7) is 2.41. The lowest BCUT2D eigenvalue weighted by atomic mass is 10.0. The smallest absolute Gasteiger partial charge is 0.237 e. The van der Waals surface area contributed by atoms with Crippen LogP contribution in [0.25, 0.3) is 0 Å². The molecule has 100 valence electrons. The van der Waals surface area contributed by atoms with E-state index in [4.69, 9.17) is 11.6 Å². The highest BCUT2D eigenvalue weighted by atomic mass is 35.5. The van der Waals surface area contributed by atoms with Crippen molar-refractivity contribution in [2.75, 3.05) is 18.2 Å². The van der Waals surface area contributed by atoms with Crippen LogP contribution in [0.3, 0.4) is 0 Å². The summed E-state index contributed by atoms with van der Waals surface area (Å²) in [5, 5.41) is 0. The molecule has 1 fully saturated rings. The maximum atomic E-state index is 11.9. The van der Waals surface area contributed by atoms with Crippen molar-refractivity contribution in [1.82, 2.24) is 4.31 Å². The van der Waals surface area contributed by atoms with Crippen LogP contribution in [0.2, 0.25) is 0 Å². The van der Waals surface area contributed by atoms with E-state index in [1.807, 2.05) is 6.92 Å². The fraction of sp³-hybridized carbons (Fsp3) is 0.909. The molecule has 6 heteroatoms. The lowest BCUT2D eigenvalue weighted by Crippen LogP contribution is -2.34. The molecule has 1 aliphatic rings. The van der Waals surface area contributed by atoms with E-state index in [9.17, 15) is 13.2 Å². The molecule has 1 amide bonds. The molecule has 1 saturated heterocycles. The summed E-state index contributed by atoms with van der Waals surface area (Å²) in [6.07, 6.45) is 3.47. The summed E-state index contributed by atoms with van der Waals surface area (Å²) in [4.78, 5) is 11.7. The van der Waals surface area contributed by atoms with Crippen molar-refractivity contribution in [3.05, 3.63) is 0 Å². The highest BCUT2D eigenvalue weighted by Gasteiger charge is 2.36. The Morgan fingerprint density at radius 1 is 1.41 bits per heavy atom. The number of amides is 1. The van der Waals surface area contributed by atoms with Gasteiger partial charge in [0.1, 0.15) is 0 Å². The van der Waals surface area contributed by atoms with Crippen LogP contribution in [-0.2, 0) is 14.8 Å². The number of sulfonamides is 1. The average Bonchev–Trinajstić information content (AvgIpc) is 2.61. The van der Waals surface area contributed by atoms with Crippen molar-refractivity contribution in [1.29, 1.82) is 0 Å². The molecule has 1 rings (SSSR count). The number of halogens is 1. The quantitative estimate of drug-likeness (QED) is 0.530. The normalized spacial score (nSPS) is 21.2. The molecule has 0 aromatic heterocycles. The van der Waals surface area contributed by atoms with Gasteiger partial charge in [-0.3, -0.25) is 4.79 Å². The van der Waals surface area contributed by atoms with Crippen LogP contribution in [-0.4, -0.2) is 36.8 Å². The van der Waals surface area contributed by atoms with E-state index >= 15 is 0 Å². The molecule has 0 aliphatic carbocycles. The number of hydrogen-bond donors (Lipinski definition) is 0. The van der Waals surface area contributed by atoms with Crippen LogP contribution in [0.5, 0.6) is 0 Å². The van der Waals surface area contributed by atoms with Crippen molar-refractivity contribution in [2.45, 2.75) is 39.0 Å². The van der Waals surface area contributed by atoms with Crippen molar-refractivity contribution in [3.8, 4) is 0 Å². The summed E-state index contributed by atoms with van der Waals surface area (Å²) in [5.74, 6) is 0.455. The van der Waals surface area contributed by atoms with Gasteiger partial charge < -0.3 is 0 Å². The van der Waals surface area contributed by atoms with Gasteiger partial charge in [-0.25, -0.2) is 12.7 Å². The van der Waals surface area contributed by atoms with Gasteiger partial charge in [-0.15, -0.1) is 11.6 Å². The first-order valence-electron chi connectivity index (χ1n) is 6.10. The van der Waals surface area contributed by atoms with E-state index in [1.54, 1.807) is 0 Å². The number of unbranched alkanes of at least 4 members (excludes halogenated alkanes) is 1. The van der Waals surface area contributed by atoms with E-state index < -0.39 is 10.0 Å². The molecule has 1 atom stereocenters. The molecule has 0 radical (unpaired) electrons. The Bertz CT molecular complexity index is 356. The Balaban J connectivity index is 2.57. The minimum absolute atomic E-state index is 0.0320. The third kappa shape index (κ3) is 4.14. The number of carbonyl (C=O) groups excluding carboxylic acids is 1. The van der Waals surface area contributed by atoms with Crippen molar-refractivity contribution < 1.29 is 13.2 Å². The highest BCUT2D eigenvalue weighted by Crippen LogP contribution is 2.25. The minimum Gasteiger partial charge on any atom is -0.274 e. The number of carbonyl (C=O) groups is 1. The molecule has 17 heavy (non-hydrogen) atoms. The molecule has 1 unspecified atom stereocenters. The molecule has 0 aromatic rings. The maximum absolute atomic E-state index is 11.9. The van der Waals surface area contributed by atoms with Crippen LogP contribution in [0, 0.1) is 5.92 Å². The largest absolute Gasteiger partial charge is 0.274 e. The summed E-state index contributed by atoms with van der Waals surface area (Å²) in [5.41, 5.74) is 0. The third-order valence-corrected chi connectivity index (χ3v) is 5.08. The van der Waals surface area contributed by atoms with E-state index in [-0.39, 0.29) is 17.6 Å². The molecule has 1 aliphatic heterocycles. The molecule has 4 nitrogen and oxygen atoms in total. The van der Waals surface area contributed by atoms with Crippen molar-refractivity contribution in [2.24, 2.45) is 5.92 Å². The molecular weight excluding hydrogens is 262 g/mol. The second-order valence-electron chi connectivity index (χ2n) is 4.50. The first-order valence-corrected chi connectivity index (χ1v) is 8.24. The SMILES string of the molecule is CCCC1CC(=O)N(S(=O)(=O)CCCCCl)C1. The fourth-order valence-electron chi connectivity index (χ4n) is 2.11. The first-order chi connectivity index (χ1) is 8.01. The second-order valence-corrected chi connectivity index (χ2v) is 6.89. The van der Waals surface area contributed by atoms with Gasteiger partial charge in [0.05, 0.1) is 5.75 Å². The Morgan fingerprint density at radius 2 is 2.12 bits per heavy atom. The van der Waals surface area contributed by atoms with Gasteiger partial charge in [-0.2, -0.15) is 0 Å². The van der Waals surface area contributed by atoms with E-state index in [0.29, 0.717) is 31.7 Å². The van der Waals surface area contributed by atoms with Gasteiger partial charge in [-0.05, 0) is 25.2 Å². The van der Waals surface area contributed by atoms with Crippen LogP contribution >= 0.6 is 11.6 Å². The number of hydrogen-bond acceptors (Lipinski definition) is 3. The maximum Gasteiger partial charge on any atom is 0.237 e. The van der Waals surface area contributed by atoms with Gasteiger partial charge in [0.2, 0.25) is 15.9 Å². The Labute approximate surface area is 108 Å². The van der Waals surface area contributed by atoms with Gasteiger partial charge >= 0.3 is 0 Å². The van der Waals surface area contributed by atoms with Crippen LogP contribution in [0.1, 0.15) is 39.0 Å². The standard InChI is InChI=1S/C11H20ClNO3S/c1-2-5-10-8-11(14)13(9-10)17(15,16)7-4-3-6-12/h10H,2-9H2,1H3. The molecule has 0 N–H and O–H groups in total. The zero-order valence-corrected chi connectivity index (χ0v) is 11.8. The molecule has 0 spiro atoms. The van der Waals surface area contributed by atoms with Crippen molar-refractivity contribution >= 4 is 27.5 Å². The second kappa shape index (κ2) is 6.59. The molecule has 0 saturated carbocycles. The van der Waals surface area contributed by atoms with Gasteiger partial charge in [0.25, 0.3) is 0 Å². The Kier molecular flexibility index (Phi) is 5.73. The van der Waals surface area contributed by atoms with Crippen LogP contribution in [0.4, 0.5) is 0 Å². The molecular formula is C11H20ClNO3S.